The van der Waals surface area contributed by atoms with E-state index in [4.69, 9.17) is 0 Å². The molecule has 0 fully saturated rings. The van der Waals surface area contributed by atoms with Gasteiger partial charge in [-0.05, 0) is 19.3 Å². The molecular formula is C11H9F14KO3S. The topological polar surface area (TPSA) is 57.2 Å². The van der Waals surface area contributed by atoms with Crippen molar-refractivity contribution >= 4 is 10.1 Å². The van der Waals surface area contributed by atoms with Crippen LogP contribution in [-0.2, 0) is 10.1 Å². The maximum atomic E-state index is 13.3. The van der Waals surface area contributed by atoms with E-state index < -0.39 is 77.1 Å². The summed E-state index contributed by atoms with van der Waals surface area (Å²) in [4.78, 5) is 0. The van der Waals surface area contributed by atoms with E-state index in [1.165, 1.54) is 0 Å². The molecule has 19 heteroatoms. The van der Waals surface area contributed by atoms with Crippen molar-refractivity contribution < 1.29 is 126 Å². The van der Waals surface area contributed by atoms with Crippen LogP contribution < -0.4 is 51.4 Å². The molecule has 0 rings (SSSR count). The molecule has 0 radical (unpaired) electrons. The Hall–Kier alpha value is 0.566. The van der Waals surface area contributed by atoms with Crippen molar-refractivity contribution in [2.24, 2.45) is 0 Å². The van der Waals surface area contributed by atoms with Crippen LogP contribution in [0.5, 0.6) is 0 Å². The Morgan fingerprint density at radius 2 is 1.10 bits per heavy atom. The molecule has 30 heavy (non-hydrogen) atoms. The number of hydrogen-bond donors (Lipinski definition) is 0. The van der Waals surface area contributed by atoms with Crippen LogP contribution in [0.25, 0.3) is 0 Å². The van der Waals surface area contributed by atoms with Gasteiger partial charge in [0.25, 0.3) is 0 Å². The molecule has 1 atom stereocenters. The number of alkyl halides is 14. The number of unbranched alkanes of at least 4 members (excludes halogenated alkanes) is 1. The Morgan fingerprint density at radius 1 is 0.700 bits per heavy atom. The Balaban J connectivity index is 0. The van der Waals surface area contributed by atoms with Crippen LogP contribution in [0, 0.1) is 0 Å². The van der Waals surface area contributed by atoms with Crippen molar-refractivity contribution in [1.29, 1.82) is 0 Å². The monoisotopic (exact) mass is 526 g/mol. The summed E-state index contributed by atoms with van der Waals surface area (Å²) >= 11 is 0. The van der Waals surface area contributed by atoms with Gasteiger partial charge < -0.3 is 4.55 Å². The van der Waals surface area contributed by atoms with E-state index in [0.717, 1.165) is 0 Å². The van der Waals surface area contributed by atoms with Crippen LogP contribution in [0.1, 0.15) is 25.7 Å². The Bertz CT molecular complexity index is 675. The molecule has 0 aromatic heterocycles. The predicted molar refractivity (Wildman–Crippen MR) is 63.9 cm³/mol. The van der Waals surface area contributed by atoms with Gasteiger partial charge in [0.05, 0.1) is 0 Å². The largest absolute Gasteiger partial charge is 1.00 e. The van der Waals surface area contributed by atoms with Gasteiger partial charge in [0.15, 0.2) is 16.3 Å². The molecule has 1 unspecified atom stereocenters. The summed E-state index contributed by atoms with van der Waals surface area (Å²) < 4.78 is 210. The van der Waals surface area contributed by atoms with Crippen molar-refractivity contribution in [3.63, 3.8) is 0 Å². The Morgan fingerprint density at radius 3 is 1.43 bits per heavy atom. The van der Waals surface area contributed by atoms with Gasteiger partial charge in [-0.3, -0.25) is 0 Å². The van der Waals surface area contributed by atoms with Gasteiger partial charge in [-0.1, -0.05) is 0 Å². The molecule has 3 nitrogen and oxygen atoms in total. The second kappa shape index (κ2) is 9.82. The minimum atomic E-state index is -7.99. The summed E-state index contributed by atoms with van der Waals surface area (Å²) in [7, 11) is -7.79. The molecule has 0 saturated heterocycles. The van der Waals surface area contributed by atoms with Crippen LogP contribution in [0.3, 0.4) is 0 Å². The Kier molecular flexibility index (Phi) is 10.7. The van der Waals surface area contributed by atoms with Crippen molar-refractivity contribution in [3.05, 3.63) is 0 Å². The first-order valence-corrected chi connectivity index (χ1v) is 8.34. The van der Waals surface area contributed by atoms with Crippen LogP contribution in [0.15, 0.2) is 0 Å². The SMILES string of the molecule is O=S(=O)([O-])C(F)(F)C(F)(F)C(F)(F)C(F)(F)C(F)(F)C(F)CCCCC(F)(F)F.[K+]. The zero-order valence-corrected chi connectivity index (χ0v) is 18.3. The first-order valence-electron chi connectivity index (χ1n) is 6.93. The average molecular weight is 526 g/mol. The van der Waals surface area contributed by atoms with Gasteiger partial charge in [-0.15, -0.1) is 0 Å². The van der Waals surface area contributed by atoms with Crippen molar-refractivity contribution in [2.45, 2.75) is 67.0 Å². The molecular weight excluding hydrogens is 517 g/mol. The third kappa shape index (κ3) is 6.12. The maximum Gasteiger partial charge on any atom is 1.00 e. The van der Waals surface area contributed by atoms with Crippen LogP contribution in [-0.4, -0.2) is 54.3 Å². The fourth-order valence-electron chi connectivity index (χ4n) is 1.77. The van der Waals surface area contributed by atoms with E-state index in [1.807, 2.05) is 0 Å². The van der Waals surface area contributed by atoms with Gasteiger partial charge in [-0.2, -0.15) is 57.1 Å². The summed E-state index contributed by atoms with van der Waals surface area (Å²) in [5.41, 5.74) is 0. The quantitative estimate of drug-likeness (QED) is 0.190. The van der Waals surface area contributed by atoms with E-state index >= 15 is 0 Å². The maximum absolute atomic E-state index is 13.3. The van der Waals surface area contributed by atoms with Crippen LogP contribution in [0.4, 0.5) is 61.5 Å². The smallest absolute Gasteiger partial charge is 0.743 e. The third-order valence-corrected chi connectivity index (χ3v) is 4.33. The molecule has 0 aromatic carbocycles. The zero-order chi connectivity index (χ0) is 23.9. The number of halogens is 14. The molecule has 176 valence electrons. The average Bonchev–Trinajstić information content (AvgIpc) is 2.48. The molecule has 0 heterocycles. The molecule has 0 aliphatic rings. The molecule has 0 aromatic rings. The van der Waals surface area contributed by atoms with E-state index in [1.54, 1.807) is 0 Å². The van der Waals surface area contributed by atoms with Gasteiger partial charge in [0, 0.05) is 6.42 Å². The van der Waals surface area contributed by atoms with Crippen molar-refractivity contribution in [1.82, 2.24) is 0 Å². The van der Waals surface area contributed by atoms with Crippen molar-refractivity contribution in [2.75, 3.05) is 0 Å². The summed E-state index contributed by atoms with van der Waals surface area (Å²) in [6, 6.07) is 0. The van der Waals surface area contributed by atoms with Gasteiger partial charge >= 0.3 is 86.5 Å². The van der Waals surface area contributed by atoms with Gasteiger partial charge in [0.1, 0.15) is 0 Å². The molecule has 0 saturated carbocycles. The zero-order valence-electron chi connectivity index (χ0n) is 14.3. The Labute approximate surface area is 201 Å². The summed E-state index contributed by atoms with van der Waals surface area (Å²) in [5, 5.41) is -7.51. The second-order valence-electron chi connectivity index (χ2n) is 5.65. The number of hydrogen-bond acceptors (Lipinski definition) is 3. The molecule has 0 bridgehead atoms. The fourth-order valence-corrected chi connectivity index (χ4v) is 2.22. The fraction of sp³-hybridized carbons (Fsp3) is 1.00. The van der Waals surface area contributed by atoms with Crippen LogP contribution in [0.2, 0.25) is 0 Å². The first-order chi connectivity index (χ1) is 12.4. The normalized spacial score (nSPS) is 16.2. The third-order valence-electron chi connectivity index (χ3n) is 3.45. The predicted octanol–water partition coefficient (Wildman–Crippen LogP) is 2.13. The van der Waals surface area contributed by atoms with E-state index in [-0.39, 0.29) is 51.4 Å². The summed E-state index contributed by atoms with van der Waals surface area (Å²) in [6.07, 6.45) is -15.6. The second-order valence-corrected chi connectivity index (χ2v) is 7.07. The first kappa shape index (κ1) is 32.7. The number of rotatable bonds is 10. The van der Waals surface area contributed by atoms with Crippen molar-refractivity contribution in [3.8, 4) is 0 Å². The minimum absolute atomic E-state index is 0. The summed E-state index contributed by atoms with van der Waals surface area (Å²) in [6.45, 7) is 0. The van der Waals surface area contributed by atoms with E-state index in [0.29, 0.717) is 0 Å². The summed E-state index contributed by atoms with van der Waals surface area (Å²) in [5.74, 6) is -30.5. The van der Waals surface area contributed by atoms with E-state index in [9.17, 15) is 74.4 Å². The minimum Gasteiger partial charge on any atom is -0.743 e. The molecule has 0 amide bonds. The molecule has 0 spiro atoms. The van der Waals surface area contributed by atoms with Gasteiger partial charge in [0.2, 0.25) is 0 Å². The molecule has 0 aliphatic carbocycles. The van der Waals surface area contributed by atoms with Gasteiger partial charge in [-0.25, -0.2) is 12.8 Å². The molecule has 0 N–H and O–H groups in total. The standard InChI is InChI=1S/C11H10F14O3S.K/c12-5(3-1-2-4-6(13,14)15)7(16,17)8(18,19)9(20,21)10(22,23)11(24,25)29(26,27)28;/h5H,1-4H2,(H,26,27,28);/q;+1/p-1. The molecule has 0 aliphatic heterocycles. The van der Waals surface area contributed by atoms with E-state index in [2.05, 4.69) is 0 Å². The van der Waals surface area contributed by atoms with Crippen LogP contribution >= 0.6 is 0 Å².